The van der Waals surface area contributed by atoms with Gasteiger partial charge in [0.15, 0.2) is 11.5 Å². The largest absolute Gasteiger partial charge is 0.493 e. The Hall–Kier alpha value is -1.83. The standard InChI is InChI=1S/C13H16ClN3O4/c1-18-10-6-8(5-9(14)12(10)19-2)13-16-11(21-17-13)7-20-4-3-15/h5-6H,3-4,7,15H2,1-2H3. The van der Waals surface area contributed by atoms with Crippen LogP contribution in [0.15, 0.2) is 16.7 Å². The van der Waals surface area contributed by atoms with Gasteiger partial charge in [-0.15, -0.1) is 0 Å². The molecule has 2 N–H and O–H groups in total. The van der Waals surface area contributed by atoms with Crippen LogP contribution in [0.5, 0.6) is 11.5 Å². The number of nitrogens with zero attached hydrogens (tertiary/aromatic N) is 2. The molecule has 0 saturated heterocycles. The van der Waals surface area contributed by atoms with Gasteiger partial charge in [0, 0.05) is 12.1 Å². The average Bonchev–Trinajstić information content (AvgIpc) is 2.95. The molecule has 0 amide bonds. The molecule has 1 heterocycles. The van der Waals surface area contributed by atoms with E-state index in [-0.39, 0.29) is 6.61 Å². The minimum absolute atomic E-state index is 0.214. The van der Waals surface area contributed by atoms with Crippen LogP contribution in [0.3, 0.4) is 0 Å². The fourth-order valence-electron chi connectivity index (χ4n) is 1.72. The summed E-state index contributed by atoms with van der Waals surface area (Å²) < 4.78 is 20.7. The van der Waals surface area contributed by atoms with Gasteiger partial charge in [-0.25, -0.2) is 0 Å². The van der Waals surface area contributed by atoms with Gasteiger partial charge in [-0.2, -0.15) is 4.98 Å². The molecule has 114 valence electrons. The van der Waals surface area contributed by atoms with Gasteiger partial charge in [0.25, 0.3) is 5.89 Å². The second kappa shape index (κ2) is 7.26. The maximum atomic E-state index is 6.14. The monoisotopic (exact) mass is 313 g/mol. The molecule has 0 radical (unpaired) electrons. The molecular formula is C13H16ClN3O4. The molecule has 2 rings (SSSR count). The molecule has 2 aromatic rings. The molecule has 0 spiro atoms. The van der Waals surface area contributed by atoms with Crippen LogP contribution in [0.25, 0.3) is 11.4 Å². The van der Waals surface area contributed by atoms with Gasteiger partial charge >= 0.3 is 0 Å². The first-order valence-electron chi connectivity index (χ1n) is 6.22. The Morgan fingerprint density at radius 1 is 1.29 bits per heavy atom. The lowest BCUT2D eigenvalue weighted by Crippen LogP contribution is -2.08. The maximum absolute atomic E-state index is 6.14. The van der Waals surface area contributed by atoms with Crippen molar-refractivity contribution in [2.45, 2.75) is 6.61 Å². The maximum Gasteiger partial charge on any atom is 0.252 e. The number of methoxy groups -OCH3 is 2. The number of rotatable bonds is 7. The lowest BCUT2D eigenvalue weighted by molar-refractivity contribution is 0.104. The highest BCUT2D eigenvalue weighted by Gasteiger charge is 2.15. The first-order valence-corrected chi connectivity index (χ1v) is 6.59. The molecular weight excluding hydrogens is 298 g/mol. The van der Waals surface area contributed by atoms with Gasteiger partial charge in [0.1, 0.15) is 6.61 Å². The number of ether oxygens (including phenoxy) is 3. The minimum Gasteiger partial charge on any atom is -0.493 e. The lowest BCUT2D eigenvalue weighted by atomic mass is 10.2. The number of hydrogen-bond donors (Lipinski definition) is 1. The van der Waals surface area contributed by atoms with Crippen molar-refractivity contribution < 1.29 is 18.7 Å². The first-order chi connectivity index (χ1) is 10.2. The van der Waals surface area contributed by atoms with E-state index in [0.717, 1.165) is 0 Å². The Kier molecular flexibility index (Phi) is 5.38. The fraction of sp³-hybridized carbons (Fsp3) is 0.385. The predicted molar refractivity (Wildman–Crippen MR) is 76.6 cm³/mol. The van der Waals surface area contributed by atoms with Crippen LogP contribution in [-0.4, -0.2) is 37.5 Å². The smallest absolute Gasteiger partial charge is 0.252 e. The van der Waals surface area contributed by atoms with Crippen LogP contribution in [0.4, 0.5) is 0 Å². The van der Waals surface area contributed by atoms with Crippen molar-refractivity contribution in [2.24, 2.45) is 5.73 Å². The Morgan fingerprint density at radius 3 is 2.76 bits per heavy atom. The molecule has 0 aliphatic carbocycles. The van der Waals surface area contributed by atoms with Crippen molar-refractivity contribution >= 4 is 11.6 Å². The molecule has 8 heteroatoms. The Morgan fingerprint density at radius 2 is 2.10 bits per heavy atom. The number of nitrogens with two attached hydrogens (primary N) is 1. The number of aromatic nitrogens is 2. The van der Waals surface area contributed by atoms with Crippen LogP contribution in [-0.2, 0) is 11.3 Å². The summed E-state index contributed by atoms with van der Waals surface area (Å²) in [6.45, 7) is 1.08. The molecule has 0 aliphatic heterocycles. The van der Waals surface area contributed by atoms with Gasteiger partial charge in [-0.1, -0.05) is 16.8 Å². The third kappa shape index (κ3) is 3.63. The molecule has 0 unspecified atom stereocenters. The van der Waals surface area contributed by atoms with Crippen molar-refractivity contribution in [3.8, 4) is 22.9 Å². The van der Waals surface area contributed by atoms with E-state index >= 15 is 0 Å². The zero-order valence-electron chi connectivity index (χ0n) is 11.8. The van der Waals surface area contributed by atoms with E-state index < -0.39 is 0 Å². The van der Waals surface area contributed by atoms with Gasteiger partial charge in [-0.05, 0) is 12.1 Å². The zero-order chi connectivity index (χ0) is 15.2. The summed E-state index contributed by atoms with van der Waals surface area (Å²) in [5.41, 5.74) is 5.99. The normalized spacial score (nSPS) is 10.7. The van der Waals surface area contributed by atoms with Gasteiger partial charge in [0.05, 0.1) is 25.8 Å². The summed E-state index contributed by atoms with van der Waals surface area (Å²) in [6, 6.07) is 3.40. The Balaban J connectivity index is 2.24. The third-order valence-electron chi connectivity index (χ3n) is 2.65. The molecule has 1 aromatic heterocycles. The summed E-state index contributed by atoms with van der Waals surface area (Å²) in [5, 5.41) is 4.29. The highest BCUT2D eigenvalue weighted by Crippen LogP contribution is 2.38. The van der Waals surface area contributed by atoms with Crippen molar-refractivity contribution in [1.29, 1.82) is 0 Å². The zero-order valence-corrected chi connectivity index (χ0v) is 12.5. The number of halogens is 1. The Labute approximate surface area is 126 Å². The van der Waals surface area contributed by atoms with E-state index in [4.69, 9.17) is 36.1 Å². The summed E-state index contributed by atoms with van der Waals surface area (Å²) >= 11 is 6.14. The van der Waals surface area contributed by atoms with E-state index in [1.54, 1.807) is 12.1 Å². The van der Waals surface area contributed by atoms with Crippen molar-refractivity contribution in [1.82, 2.24) is 10.1 Å². The summed E-state index contributed by atoms with van der Waals surface area (Å²) in [7, 11) is 3.05. The third-order valence-corrected chi connectivity index (χ3v) is 2.93. The second-order valence-corrected chi connectivity index (χ2v) is 4.45. The van der Waals surface area contributed by atoms with Crippen LogP contribution < -0.4 is 15.2 Å². The van der Waals surface area contributed by atoms with E-state index in [0.29, 0.717) is 47.0 Å². The van der Waals surface area contributed by atoms with E-state index in [9.17, 15) is 0 Å². The van der Waals surface area contributed by atoms with Gasteiger partial charge in [-0.3, -0.25) is 0 Å². The van der Waals surface area contributed by atoms with Crippen LogP contribution in [0.1, 0.15) is 5.89 Å². The molecule has 0 saturated carbocycles. The van der Waals surface area contributed by atoms with Crippen molar-refractivity contribution in [3.63, 3.8) is 0 Å². The van der Waals surface area contributed by atoms with E-state index in [2.05, 4.69) is 10.1 Å². The minimum atomic E-state index is 0.214. The molecule has 21 heavy (non-hydrogen) atoms. The van der Waals surface area contributed by atoms with Gasteiger partial charge in [0.2, 0.25) is 5.82 Å². The lowest BCUT2D eigenvalue weighted by Gasteiger charge is -2.10. The summed E-state index contributed by atoms with van der Waals surface area (Å²) in [6.07, 6.45) is 0. The fourth-order valence-corrected chi connectivity index (χ4v) is 2.01. The van der Waals surface area contributed by atoms with Crippen LogP contribution in [0.2, 0.25) is 5.02 Å². The molecule has 1 aromatic carbocycles. The predicted octanol–water partition coefficient (Wildman–Crippen LogP) is 1.88. The highest BCUT2D eigenvalue weighted by atomic mass is 35.5. The van der Waals surface area contributed by atoms with Crippen LogP contribution >= 0.6 is 11.6 Å². The number of hydrogen-bond acceptors (Lipinski definition) is 7. The number of benzene rings is 1. The topological polar surface area (TPSA) is 92.6 Å². The summed E-state index contributed by atoms with van der Waals surface area (Å²) in [4.78, 5) is 4.23. The summed E-state index contributed by atoms with van der Waals surface area (Å²) in [5.74, 6) is 1.71. The average molecular weight is 314 g/mol. The van der Waals surface area contributed by atoms with Crippen molar-refractivity contribution in [3.05, 3.63) is 23.0 Å². The van der Waals surface area contributed by atoms with Crippen molar-refractivity contribution in [2.75, 3.05) is 27.4 Å². The van der Waals surface area contributed by atoms with Gasteiger partial charge < -0.3 is 24.5 Å². The molecule has 0 atom stereocenters. The molecule has 0 fully saturated rings. The molecule has 7 nitrogen and oxygen atoms in total. The quantitative estimate of drug-likeness (QED) is 0.780. The van der Waals surface area contributed by atoms with E-state index in [1.807, 2.05) is 0 Å². The second-order valence-electron chi connectivity index (χ2n) is 4.05. The highest BCUT2D eigenvalue weighted by molar-refractivity contribution is 6.32. The SMILES string of the molecule is COc1cc(-c2noc(COCCN)n2)cc(Cl)c1OC. The molecule has 0 bridgehead atoms. The molecule has 0 aliphatic rings. The first kappa shape index (κ1) is 15.6. The van der Waals surface area contributed by atoms with E-state index in [1.165, 1.54) is 14.2 Å². The Bertz CT molecular complexity index is 603. The van der Waals surface area contributed by atoms with Crippen LogP contribution in [0, 0.1) is 0 Å².